The van der Waals surface area contributed by atoms with E-state index in [0.717, 1.165) is 55.9 Å². The molecule has 2 aliphatic heterocycles. The quantitative estimate of drug-likeness (QED) is 0.689. The zero-order valence-corrected chi connectivity index (χ0v) is 17.2. The fraction of sp³-hybridized carbons (Fsp3) is 0.650. The van der Waals surface area contributed by atoms with Gasteiger partial charge in [-0.05, 0) is 44.2 Å². The van der Waals surface area contributed by atoms with E-state index < -0.39 is 0 Å². The molecule has 2 aromatic heterocycles. The number of anilines is 1. The van der Waals surface area contributed by atoms with Crippen LogP contribution in [0.3, 0.4) is 0 Å². The molecule has 1 amide bonds. The van der Waals surface area contributed by atoms with Crippen LogP contribution in [0.25, 0.3) is 0 Å². The number of rotatable bonds is 6. The predicted molar refractivity (Wildman–Crippen MR) is 110 cm³/mol. The van der Waals surface area contributed by atoms with E-state index in [4.69, 9.17) is 4.42 Å². The second-order valence-electron chi connectivity index (χ2n) is 7.58. The van der Waals surface area contributed by atoms with Gasteiger partial charge in [0.15, 0.2) is 5.16 Å². The Labute approximate surface area is 170 Å². The Hall–Kier alpha value is -1.96. The highest BCUT2D eigenvalue weighted by atomic mass is 32.2. The Bertz CT molecular complexity index is 747. The molecule has 0 radical (unpaired) electrons. The van der Waals surface area contributed by atoms with Gasteiger partial charge < -0.3 is 14.2 Å². The molecular weight excluding hydrogens is 374 g/mol. The van der Waals surface area contributed by atoms with Gasteiger partial charge in [0.1, 0.15) is 5.76 Å². The van der Waals surface area contributed by atoms with Gasteiger partial charge in [-0.2, -0.15) is 0 Å². The summed E-state index contributed by atoms with van der Waals surface area (Å²) in [6.45, 7) is 4.38. The molecule has 0 N–H and O–H groups in total. The van der Waals surface area contributed by atoms with E-state index in [1.165, 1.54) is 43.9 Å². The summed E-state index contributed by atoms with van der Waals surface area (Å²) in [6.07, 6.45) is 10.0. The molecule has 0 spiro atoms. The van der Waals surface area contributed by atoms with Gasteiger partial charge in [-0.3, -0.25) is 9.36 Å². The van der Waals surface area contributed by atoms with E-state index in [-0.39, 0.29) is 5.91 Å². The van der Waals surface area contributed by atoms with Gasteiger partial charge in [0.05, 0.1) is 18.6 Å². The molecule has 4 heterocycles. The minimum Gasteiger partial charge on any atom is -0.467 e. The fourth-order valence-corrected chi connectivity index (χ4v) is 4.79. The number of aromatic nitrogens is 3. The van der Waals surface area contributed by atoms with Gasteiger partial charge in [-0.25, -0.2) is 0 Å². The first kappa shape index (κ1) is 19.4. The van der Waals surface area contributed by atoms with Crippen molar-refractivity contribution in [3.8, 4) is 0 Å². The average molecular weight is 404 g/mol. The highest BCUT2D eigenvalue weighted by Gasteiger charge is 2.23. The molecule has 28 heavy (non-hydrogen) atoms. The Kier molecular flexibility index (Phi) is 6.57. The second kappa shape index (κ2) is 9.49. The second-order valence-corrected chi connectivity index (χ2v) is 8.52. The number of thioether (sulfide) groups is 1. The number of likely N-dealkylation sites (tertiary alicyclic amines) is 1. The Morgan fingerprint density at radius 2 is 1.71 bits per heavy atom. The highest BCUT2D eigenvalue weighted by molar-refractivity contribution is 7.99. The smallest absolute Gasteiger partial charge is 0.233 e. The SMILES string of the molecule is O=C(CSc1nnc(N2CCCCC2)n1Cc1ccco1)N1CCCCCC1. The third kappa shape index (κ3) is 4.71. The summed E-state index contributed by atoms with van der Waals surface area (Å²) in [5.74, 6) is 2.38. The van der Waals surface area contributed by atoms with Crippen LogP contribution in [-0.2, 0) is 11.3 Å². The number of furan rings is 1. The summed E-state index contributed by atoms with van der Waals surface area (Å²) >= 11 is 1.49. The van der Waals surface area contributed by atoms with E-state index in [0.29, 0.717) is 12.3 Å². The third-order valence-corrected chi connectivity index (χ3v) is 6.47. The van der Waals surface area contributed by atoms with Gasteiger partial charge in [-0.15, -0.1) is 10.2 Å². The summed E-state index contributed by atoms with van der Waals surface area (Å²) in [7, 11) is 0. The lowest BCUT2D eigenvalue weighted by atomic mass is 10.1. The first-order valence-corrected chi connectivity index (χ1v) is 11.4. The standard InChI is InChI=1S/C20H29N5O2S/c26-18(23-10-4-1-2-5-11-23)16-28-20-22-21-19(24-12-6-3-7-13-24)25(20)15-17-9-8-14-27-17/h8-9,14H,1-7,10-13,15-16H2. The normalized spacial score (nSPS) is 18.3. The van der Waals surface area contributed by atoms with Crippen molar-refractivity contribution in [1.82, 2.24) is 19.7 Å². The summed E-state index contributed by atoms with van der Waals surface area (Å²) in [5, 5.41) is 9.70. The third-order valence-electron chi connectivity index (χ3n) is 5.51. The molecule has 7 nitrogen and oxygen atoms in total. The topological polar surface area (TPSA) is 67.4 Å². The molecule has 0 atom stereocenters. The number of hydrogen-bond donors (Lipinski definition) is 0. The fourth-order valence-electron chi connectivity index (χ4n) is 3.95. The van der Waals surface area contributed by atoms with E-state index in [1.54, 1.807) is 6.26 Å². The van der Waals surface area contributed by atoms with Gasteiger partial charge in [0, 0.05) is 26.2 Å². The van der Waals surface area contributed by atoms with Crippen LogP contribution >= 0.6 is 11.8 Å². The van der Waals surface area contributed by atoms with Crippen molar-refractivity contribution in [2.45, 2.75) is 56.6 Å². The van der Waals surface area contributed by atoms with Crippen molar-refractivity contribution in [3.63, 3.8) is 0 Å². The van der Waals surface area contributed by atoms with Crippen LogP contribution in [0.5, 0.6) is 0 Å². The first-order valence-electron chi connectivity index (χ1n) is 10.4. The lowest BCUT2D eigenvalue weighted by Gasteiger charge is -2.27. The number of hydrogen-bond acceptors (Lipinski definition) is 6. The van der Waals surface area contributed by atoms with Gasteiger partial charge in [0.2, 0.25) is 11.9 Å². The van der Waals surface area contributed by atoms with E-state index in [2.05, 4.69) is 19.7 Å². The maximum absolute atomic E-state index is 12.7. The van der Waals surface area contributed by atoms with Crippen LogP contribution in [0, 0.1) is 0 Å². The molecule has 2 aliphatic rings. The van der Waals surface area contributed by atoms with E-state index in [9.17, 15) is 4.79 Å². The zero-order valence-electron chi connectivity index (χ0n) is 16.4. The largest absolute Gasteiger partial charge is 0.467 e. The zero-order chi connectivity index (χ0) is 19.2. The number of carbonyl (C=O) groups is 1. The minimum absolute atomic E-state index is 0.207. The first-order chi connectivity index (χ1) is 13.8. The van der Waals surface area contributed by atoms with Crippen molar-refractivity contribution < 1.29 is 9.21 Å². The summed E-state index contributed by atoms with van der Waals surface area (Å²) in [4.78, 5) is 17.0. The minimum atomic E-state index is 0.207. The number of carbonyl (C=O) groups excluding carboxylic acids is 1. The predicted octanol–water partition coefficient (Wildman–Crippen LogP) is 3.40. The van der Waals surface area contributed by atoms with E-state index in [1.807, 2.05) is 17.0 Å². The van der Waals surface area contributed by atoms with Gasteiger partial charge in [-0.1, -0.05) is 24.6 Å². The maximum atomic E-state index is 12.7. The average Bonchev–Trinajstić information content (AvgIpc) is 3.29. The molecule has 0 unspecified atom stereocenters. The Balaban J connectivity index is 1.47. The number of amides is 1. The molecule has 8 heteroatoms. The van der Waals surface area contributed by atoms with Crippen LogP contribution in [0.2, 0.25) is 0 Å². The van der Waals surface area contributed by atoms with Crippen molar-refractivity contribution in [1.29, 1.82) is 0 Å². The lowest BCUT2D eigenvalue weighted by Crippen LogP contribution is -2.33. The number of nitrogens with zero attached hydrogens (tertiary/aromatic N) is 5. The lowest BCUT2D eigenvalue weighted by molar-refractivity contribution is -0.128. The maximum Gasteiger partial charge on any atom is 0.233 e. The molecule has 152 valence electrons. The monoisotopic (exact) mass is 403 g/mol. The molecule has 2 saturated heterocycles. The van der Waals surface area contributed by atoms with Crippen LogP contribution < -0.4 is 4.90 Å². The van der Waals surface area contributed by atoms with Crippen LogP contribution in [-0.4, -0.2) is 57.5 Å². The summed E-state index contributed by atoms with van der Waals surface area (Å²) < 4.78 is 7.66. The molecule has 0 saturated carbocycles. The molecule has 0 aromatic carbocycles. The molecular formula is C20H29N5O2S. The van der Waals surface area contributed by atoms with Crippen molar-refractivity contribution in [2.75, 3.05) is 36.8 Å². The van der Waals surface area contributed by atoms with Crippen LogP contribution in [0.1, 0.15) is 50.7 Å². The highest BCUT2D eigenvalue weighted by Crippen LogP contribution is 2.26. The molecule has 4 rings (SSSR count). The summed E-state index contributed by atoms with van der Waals surface area (Å²) in [5.41, 5.74) is 0. The molecule has 0 aliphatic carbocycles. The van der Waals surface area contributed by atoms with Crippen molar-refractivity contribution in [3.05, 3.63) is 24.2 Å². The van der Waals surface area contributed by atoms with Crippen LogP contribution in [0.4, 0.5) is 5.95 Å². The summed E-state index contributed by atoms with van der Waals surface area (Å²) in [6, 6.07) is 3.87. The van der Waals surface area contributed by atoms with E-state index >= 15 is 0 Å². The Morgan fingerprint density at radius 1 is 1.00 bits per heavy atom. The van der Waals surface area contributed by atoms with Gasteiger partial charge in [0.25, 0.3) is 0 Å². The van der Waals surface area contributed by atoms with Gasteiger partial charge >= 0.3 is 0 Å². The van der Waals surface area contributed by atoms with Crippen LogP contribution in [0.15, 0.2) is 28.0 Å². The molecule has 2 aromatic rings. The Morgan fingerprint density at radius 3 is 2.43 bits per heavy atom. The van der Waals surface area contributed by atoms with Crippen molar-refractivity contribution in [2.24, 2.45) is 0 Å². The number of piperidine rings is 1. The molecule has 0 bridgehead atoms. The van der Waals surface area contributed by atoms with Crippen molar-refractivity contribution >= 4 is 23.6 Å². The molecule has 2 fully saturated rings.